The molecule has 0 unspecified atom stereocenters. The Kier molecular flexibility index (Phi) is 2.42. The van der Waals surface area contributed by atoms with Gasteiger partial charge in [-0.3, -0.25) is 0 Å². The van der Waals surface area contributed by atoms with Gasteiger partial charge in [-0.05, 0) is 23.3 Å². The van der Waals surface area contributed by atoms with Crippen LogP contribution < -0.4 is 0 Å². The van der Waals surface area contributed by atoms with E-state index in [0.717, 1.165) is 0 Å². The average molecular weight is 202 g/mol. The van der Waals surface area contributed by atoms with E-state index in [1.807, 2.05) is 0 Å². The lowest BCUT2D eigenvalue weighted by Gasteiger charge is -1.89. The molecule has 0 aliphatic rings. The summed E-state index contributed by atoms with van der Waals surface area (Å²) in [6.07, 6.45) is 0. The van der Waals surface area contributed by atoms with Crippen molar-refractivity contribution < 1.29 is 4.39 Å². The average Bonchev–Trinajstić information content (AvgIpc) is 2.63. The largest absolute Gasteiger partial charge is 0.248 e. The minimum atomic E-state index is -0.353. The Balaban J connectivity index is 2.30. The molecule has 0 aliphatic heterocycles. The summed E-state index contributed by atoms with van der Waals surface area (Å²) in [4.78, 5) is 1.30. The van der Waals surface area contributed by atoms with Gasteiger partial charge in [0.2, 0.25) is 5.82 Å². The monoisotopic (exact) mass is 202 g/mol. The highest BCUT2D eigenvalue weighted by Gasteiger charge is 1.97. The number of aromatic nitrogens is 4. The van der Waals surface area contributed by atoms with Gasteiger partial charge in [0, 0.05) is 0 Å². The molecular formula is C10H7FN4. The fourth-order valence-corrected chi connectivity index (χ4v) is 1.02. The standard InChI is InChI=1S/C10H7FN4/c1-15-13-10(12-14-15)7-6-8-4-2-3-5-9(8)11/h2-5H,1H3. The molecule has 15 heavy (non-hydrogen) atoms. The lowest BCUT2D eigenvalue weighted by molar-refractivity contribution is 0.624. The van der Waals surface area contributed by atoms with Crippen molar-refractivity contribution in [1.82, 2.24) is 20.2 Å². The third kappa shape index (κ3) is 2.17. The Hall–Kier alpha value is -2.22. The highest BCUT2D eigenvalue weighted by molar-refractivity contribution is 5.38. The zero-order valence-electron chi connectivity index (χ0n) is 7.98. The van der Waals surface area contributed by atoms with Crippen molar-refractivity contribution in [3.05, 3.63) is 41.5 Å². The number of nitrogens with zero attached hydrogens (tertiary/aromatic N) is 4. The van der Waals surface area contributed by atoms with Gasteiger partial charge in [-0.1, -0.05) is 23.2 Å². The molecule has 0 amide bonds. The molecule has 74 valence electrons. The lowest BCUT2D eigenvalue weighted by Crippen LogP contribution is -1.91. The van der Waals surface area contributed by atoms with E-state index >= 15 is 0 Å². The van der Waals surface area contributed by atoms with E-state index in [1.165, 1.54) is 10.9 Å². The summed E-state index contributed by atoms with van der Waals surface area (Å²) in [6, 6.07) is 6.28. The number of benzene rings is 1. The Bertz CT molecular complexity index is 536. The molecule has 0 atom stereocenters. The third-order valence-corrected chi connectivity index (χ3v) is 1.69. The Morgan fingerprint density at radius 2 is 2.07 bits per heavy atom. The van der Waals surface area contributed by atoms with Crippen molar-refractivity contribution in [3.8, 4) is 11.8 Å². The van der Waals surface area contributed by atoms with Gasteiger partial charge in [0.25, 0.3) is 0 Å². The molecule has 0 aliphatic carbocycles. The zero-order valence-corrected chi connectivity index (χ0v) is 7.98. The predicted octanol–water partition coefficient (Wildman–Crippen LogP) is 0.749. The molecule has 2 aromatic rings. The van der Waals surface area contributed by atoms with Crippen LogP contribution in [-0.4, -0.2) is 20.2 Å². The predicted molar refractivity (Wildman–Crippen MR) is 51.2 cm³/mol. The Labute approximate surface area is 85.7 Å². The Morgan fingerprint density at radius 1 is 1.27 bits per heavy atom. The van der Waals surface area contributed by atoms with E-state index in [4.69, 9.17) is 0 Å². The first-order valence-corrected chi connectivity index (χ1v) is 4.26. The lowest BCUT2D eigenvalue weighted by atomic mass is 10.2. The van der Waals surface area contributed by atoms with Gasteiger partial charge in [-0.25, -0.2) is 4.39 Å². The molecule has 0 N–H and O–H groups in total. The number of halogens is 1. The van der Waals surface area contributed by atoms with E-state index in [-0.39, 0.29) is 11.6 Å². The maximum Gasteiger partial charge on any atom is 0.248 e. The number of hydrogen-bond donors (Lipinski definition) is 0. The molecule has 0 saturated carbocycles. The summed E-state index contributed by atoms with van der Waals surface area (Å²) >= 11 is 0. The van der Waals surface area contributed by atoms with Crippen LogP contribution in [0.25, 0.3) is 0 Å². The van der Waals surface area contributed by atoms with Crippen LogP contribution >= 0.6 is 0 Å². The van der Waals surface area contributed by atoms with Crippen LogP contribution in [0.15, 0.2) is 24.3 Å². The minimum Gasteiger partial charge on any atom is -0.206 e. The number of rotatable bonds is 0. The minimum absolute atomic E-state index is 0.278. The molecule has 2 rings (SSSR count). The van der Waals surface area contributed by atoms with Crippen LogP contribution in [0.2, 0.25) is 0 Å². The zero-order chi connectivity index (χ0) is 10.7. The van der Waals surface area contributed by atoms with Crippen LogP contribution in [0, 0.1) is 17.7 Å². The molecule has 0 radical (unpaired) electrons. The topological polar surface area (TPSA) is 43.6 Å². The van der Waals surface area contributed by atoms with Crippen molar-refractivity contribution in [2.75, 3.05) is 0 Å². The van der Waals surface area contributed by atoms with E-state index < -0.39 is 0 Å². The first kappa shape index (κ1) is 9.34. The molecule has 1 aromatic carbocycles. The van der Waals surface area contributed by atoms with Gasteiger partial charge in [0.15, 0.2) is 0 Å². The van der Waals surface area contributed by atoms with Crippen molar-refractivity contribution in [3.63, 3.8) is 0 Å². The fraction of sp³-hybridized carbons (Fsp3) is 0.100. The molecular weight excluding hydrogens is 195 g/mol. The van der Waals surface area contributed by atoms with Crippen LogP contribution in [0.3, 0.4) is 0 Å². The molecule has 0 saturated heterocycles. The van der Waals surface area contributed by atoms with E-state index in [0.29, 0.717) is 5.56 Å². The maximum atomic E-state index is 13.1. The summed E-state index contributed by atoms with van der Waals surface area (Å²) < 4.78 is 13.1. The smallest absolute Gasteiger partial charge is 0.206 e. The third-order valence-electron chi connectivity index (χ3n) is 1.69. The summed E-state index contributed by atoms with van der Waals surface area (Å²) in [5, 5.41) is 11.1. The number of hydrogen-bond acceptors (Lipinski definition) is 3. The van der Waals surface area contributed by atoms with Gasteiger partial charge >= 0.3 is 0 Å². The molecule has 1 heterocycles. The molecule has 0 bridgehead atoms. The van der Waals surface area contributed by atoms with E-state index in [9.17, 15) is 4.39 Å². The second-order valence-corrected chi connectivity index (χ2v) is 2.83. The number of tetrazole rings is 1. The highest BCUT2D eigenvalue weighted by Crippen LogP contribution is 2.03. The van der Waals surface area contributed by atoms with Gasteiger partial charge in [0.05, 0.1) is 12.6 Å². The second-order valence-electron chi connectivity index (χ2n) is 2.83. The van der Waals surface area contributed by atoms with Crippen LogP contribution in [0.5, 0.6) is 0 Å². The normalized spacial score (nSPS) is 9.47. The van der Waals surface area contributed by atoms with Crippen molar-refractivity contribution >= 4 is 0 Å². The summed E-state index contributed by atoms with van der Waals surface area (Å²) in [5.74, 6) is 5.19. The molecule has 0 fully saturated rings. The van der Waals surface area contributed by atoms with Crippen LogP contribution in [0.4, 0.5) is 4.39 Å². The SMILES string of the molecule is Cn1nnc(C#Cc2ccccc2F)n1. The molecule has 1 aromatic heterocycles. The van der Waals surface area contributed by atoms with Crippen LogP contribution in [-0.2, 0) is 7.05 Å². The molecule has 5 heteroatoms. The Morgan fingerprint density at radius 3 is 2.73 bits per heavy atom. The summed E-state index contributed by atoms with van der Waals surface area (Å²) in [6.45, 7) is 0. The quantitative estimate of drug-likeness (QED) is 0.592. The highest BCUT2D eigenvalue weighted by atomic mass is 19.1. The number of aryl methyl sites for hydroxylation is 1. The van der Waals surface area contributed by atoms with Gasteiger partial charge in [0.1, 0.15) is 5.82 Å². The fourth-order valence-electron chi connectivity index (χ4n) is 1.02. The first-order chi connectivity index (χ1) is 7.25. The van der Waals surface area contributed by atoms with Gasteiger partial charge in [-0.2, -0.15) is 4.80 Å². The second kappa shape index (κ2) is 3.88. The van der Waals surface area contributed by atoms with Crippen LogP contribution in [0.1, 0.15) is 11.4 Å². The first-order valence-electron chi connectivity index (χ1n) is 4.26. The van der Waals surface area contributed by atoms with Crippen molar-refractivity contribution in [2.45, 2.75) is 0 Å². The molecule has 4 nitrogen and oxygen atoms in total. The van der Waals surface area contributed by atoms with Crippen molar-refractivity contribution in [2.24, 2.45) is 7.05 Å². The summed E-state index contributed by atoms with van der Waals surface area (Å²) in [5.41, 5.74) is 0.324. The van der Waals surface area contributed by atoms with Crippen molar-refractivity contribution in [1.29, 1.82) is 0 Å². The van der Waals surface area contributed by atoms with E-state index in [2.05, 4.69) is 27.3 Å². The van der Waals surface area contributed by atoms with Gasteiger partial charge < -0.3 is 0 Å². The summed E-state index contributed by atoms with van der Waals surface area (Å²) in [7, 11) is 1.64. The molecule has 0 spiro atoms. The van der Waals surface area contributed by atoms with E-state index in [1.54, 1.807) is 25.2 Å². The van der Waals surface area contributed by atoms with Gasteiger partial charge in [-0.15, -0.1) is 5.10 Å². The maximum absolute atomic E-state index is 13.1.